The van der Waals surface area contributed by atoms with Gasteiger partial charge in [0.05, 0.1) is 15.6 Å². The molecule has 0 saturated heterocycles. The van der Waals surface area contributed by atoms with Crippen LogP contribution >= 0.6 is 46.4 Å². The minimum absolute atomic E-state index is 0.0194. The van der Waals surface area contributed by atoms with Gasteiger partial charge in [-0.1, -0.05) is 84.0 Å². The summed E-state index contributed by atoms with van der Waals surface area (Å²) < 4.78 is 29.0. The van der Waals surface area contributed by atoms with E-state index >= 15 is 0 Å². The van der Waals surface area contributed by atoms with E-state index in [1.807, 2.05) is 20.8 Å². The van der Waals surface area contributed by atoms with Gasteiger partial charge in [0, 0.05) is 33.2 Å². The minimum atomic E-state index is -4.31. The van der Waals surface area contributed by atoms with Crippen molar-refractivity contribution in [1.29, 1.82) is 0 Å². The molecule has 226 valence electrons. The fourth-order valence-electron chi connectivity index (χ4n) is 4.24. The molecule has 0 aromatic heterocycles. The van der Waals surface area contributed by atoms with Crippen LogP contribution in [-0.2, 0) is 26.2 Å². The lowest BCUT2D eigenvalue weighted by molar-refractivity contribution is -0.140. The van der Waals surface area contributed by atoms with Gasteiger partial charge in [0.2, 0.25) is 11.8 Å². The van der Waals surface area contributed by atoms with Crippen LogP contribution in [0.25, 0.3) is 0 Å². The molecule has 0 aliphatic heterocycles. The molecular formula is C30H33Cl4N3O4S. The van der Waals surface area contributed by atoms with Crippen LogP contribution in [0.3, 0.4) is 0 Å². The van der Waals surface area contributed by atoms with Crippen LogP contribution in [0.5, 0.6) is 0 Å². The molecule has 0 bridgehead atoms. The van der Waals surface area contributed by atoms with Crippen LogP contribution in [0.1, 0.15) is 44.7 Å². The quantitative estimate of drug-likeness (QED) is 0.216. The van der Waals surface area contributed by atoms with Gasteiger partial charge in [0.15, 0.2) is 0 Å². The number of sulfonamides is 1. The normalized spacial score (nSPS) is 12.9. The molecule has 3 rings (SSSR count). The largest absolute Gasteiger partial charge is 0.352 e. The summed E-state index contributed by atoms with van der Waals surface area (Å²) in [6.07, 6.45) is 0.932. The van der Waals surface area contributed by atoms with E-state index in [1.165, 1.54) is 35.2 Å². The molecule has 0 aliphatic rings. The Morgan fingerprint density at radius 2 is 1.50 bits per heavy atom. The van der Waals surface area contributed by atoms with Gasteiger partial charge in [0.25, 0.3) is 10.0 Å². The highest BCUT2D eigenvalue weighted by atomic mass is 35.5. The van der Waals surface area contributed by atoms with Crippen molar-refractivity contribution in [3.8, 4) is 0 Å². The molecule has 3 aromatic carbocycles. The maximum absolute atomic E-state index is 14.2. The van der Waals surface area contributed by atoms with Gasteiger partial charge in [-0.25, -0.2) is 8.42 Å². The summed E-state index contributed by atoms with van der Waals surface area (Å²) in [6, 6.07) is 14.4. The number of benzene rings is 3. The molecule has 0 saturated carbocycles. The number of hydrogen-bond acceptors (Lipinski definition) is 4. The smallest absolute Gasteiger partial charge is 0.264 e. The van der Waals surface area contributed by atoms with Gasteiger partial charge in [-0.2, -0.15) is 0 Å². The number of rotatable bonds is 12. The second-order valence-electron chi connectivity index (χ2n) is 9.88. The van der Waals surface area contributed by atoms with Crippen LogP contribution in [0.2, 0.25) is 20.1 Å². The highest BCUT2D eigenvalue weighted by Crippen LogP contribution is 2.34. The zero-order valence-corrected chi connectivity index (χ0v) is 27.5. The lowest BCUT2D eigenvalue weighted by atomic mass is 10.1. The van der Waals surface area contributed by atoms with E-state index in [2.05, 4.69) is 5.32 Å². The van der Waals surface area contributed by atoms with Crippen molar-refractivity contribution in [3.63, 3.8) is 0 Å². The topological polar surface area (TPSA) is 86.8 Å². The van der Waals surface area contributed by atoms with Crippen molar-refractivity contribution in [3.05, 3.63) is 91.9 Å². The number of carbonyl (C=O) groups excluding carboxylic acids is 2. The number of nitrogens with one attached hydrogen (secondary N) is 1. The number of halogens is 4. The predicted molar refractivity (Wildman–Crippen MR) is 171 cm³/mol. The van der Waals surface area contributed by atoms with Crippen molar-refractivity contribution >= 4 is 73.9 Å². The van der Waals surface area contributed by atoms with Gasteiger partial charge < -0.3 is 10.2 Å². The molecule has 7 nitrogen and oxygen atoms in total. The fourth-order valence-corrected chi connectivity index (χ4v) is 6.62. The first-order valence-electron chi connectivity index (χ1n) is 13.4. The van der Waals surface area contributed by atoms with Gasteiger partial charge in [-0.05, 0) is 69.2 Å². The van der Waals surface area contributed by atoms with E-state index in [0.29, 0.717) is 22.0 Å². The molecule has 2 amide bonds. The maximum atomic E-state index is 14.2. The molecule has 2 atom stereocenters. The first-order chi connectivity index (χ1) is 19.8. The zero-order chi connectivity index (χ0) is 31.2. The molecule has 0 fully saturated rings. The summed E-state index contributed by atoms with van der Waals surface area (Å²) in [5.41, 5.74) is 1.31. The fraction of sp³-hybridized carbons (Fsp3) is 0.333. The second-order valence-corrected chi connectivity index (χ2v) is 13.4. The van der Waals surface area contributed by atoms with Crippen molar-refractivity contribution in [2.24, 2.45) is 0 Å². The summed E-state index contributed by atoms with van der Waals surface area (Å²) in [6.45, 7) is 6.58. The van der Waals surface area contributed by atoms with Crippen molar-refractivity contribution < 1.29 is 18.0 Å². The third-order valence-electron chi connectivity index (χ3n) is 6.84. The van der Waals surface area contributed by atoms with E-state index in [4.69, 9.17) is 46.4 Å². The summed E-state index contributed by atoms with van der Waals surface area (Å²) in [4.78, 5) is 28.9. The Bertz CT molecular complexity index is 1510. The van der Waals surface area contributed by atoms with Gasteiger partial charge in [-0.3, -0.25) is 13.9 Å². The molecule has 2 unspecified atom stereocenters. The average Bonchev–Trinajstić information content (AvgIpc) is 2.94. The van der Waals surface area contributed by atoms with Crippen LogP contribution in [0, 0.1) is 6.92 Å². The van der Waals surface area contributed by atoms with E-state index in [9.17, 15) is 18.0 Å². The monoisotopic (exact) mass is 671 g/mol. The number of amides is 2. The average molecular weight is 673 g/mol. The molecule has 42 heavy (non-hydrogen) atoms. The third-order valence-corrected chi connectivity index (χ3v) is 9.88. The number of carbonyl (C=O) groups is 2. The van der Waals surface area contributed by atoms with Crippen LogP contribution in [0.15, 0.2) is 65.6 Å². The van der Waals surface area contributed by atoms with E-state index in [0.717, 1.165) is 9.87 Å². The number of anilines is 1. The van der Waals surface area contributed by atoms with Gasteiger partial charge >= 0.3 is 0 Å². The molecule has 0 aliphatic carbocycles. The third kappa shape index (κ3) is 8.11. The van der Waals surface area contributed by atoms with Crippen molar-refractivity contribution in [2.75, 3.05) is 10.8 Å². The Labute approximate surface area is 267 Å². The van der Waals surface area contributed by atoms with Gasteiger partial charge in [0.1, 0.15) is 12.6 Å². The predicted octanol–water partition coefficient (Wildman–Crippen LogP) is 7.53. The molecule has 0 heterocycles. The molecule has 1 N–H and O–H groups in total. The number of nitrogens with zero attached hydrogens (tertiary/aromatic N) is 2. The zero-order valence-electron chi connectivity index (χ0n) is 23.7. The van der Waals surface area contributed by atoms with E-state index in [-0.39, 0.29) is 45.5 Å². The van der Waals surface area contributed by atoms with Crippen LogP contribution in [-0.4, -0.2) is 43.8 Å². The second kappa shape index (κ2) is 14.8. The highest BCUT2D eigenvalue weighted by Gasteiger charge is 2.35. The summed E-state index contributed by atoms with van der Waals surface area (Å²) >= 11 is 25.6. The molecule has 3 aromatic rings. The standard InChI is InChI=1S/C30H33Cl4N3O4S/c1-5-20(4)35-30(39)27(6-2)36(17-23-24(32)8-7-9-25(23)33)29(38)18-37(28-16-21(31)12-15-26(28)34)42(40,41)22-13-10-19(3)11-14-22/h7-16,20,27H,5-6,17-18H2,1-4H3,(H,35,39). The minimum Gasteiger partial charge on any atom is -0.352 e. The van der Waals surface area contributed by atoms with E-state index < -0.39 is 28.5 Å². The lowest BCUT2D eigenvalue weighted by Crippen LogP contribution is -2.53. The highest BCUT2D eigenvalue weighted by molar-refractivity contribution is 7.92. The SMILES string of the molecule is CCC(C)NC(=O)C(CC)N(Cc1c(Cl)cccc1Cl)C(=O)CN(c1cc(Cl)ccc1Cl)S(=O)(=O)c1ccc(C)cc1. The Morgan fingerprint density at radius 1 is 0.881 bits per heavy atom. The van der Waals surface area contributed by atoms with Crippen LogP contribution < -0.4 is 9.62 Å². The number of hydrogen-bond donors (Lipinski definition) is 1. The molecule has 12 heteroatoms. The molecule has 0 radical (unpaired) electrons. The summed E-state index contributed by atoms with van der Waals surface area (Å²) in [5, 5.41) is 3.84. The van der Waals surface area contributed by atoms with Crippen molar-refractivity contribution in [2.45, 2.75) is 64.1 Å². The van der Waals surface area contributed by atoms with Gasteiger partial charge in [-0.15, -0.1) is 0 Å². The Kier molecular flexibility index (Phi) is 12.0. The summed E-state index contributed by atoms with van der Waals surface area (Å²) in [7, 11) is -4.31. The Morgan fingerprint density at radius 3 is 2.07 bits per heavy atom. The Hall–Kier alpha value is -2.49. The first kappa shape index (κ1) is 34.0. The van der Waals surface area contributed by atoms with E-state index in [1.54, 1.807) is 37.3 Å². The number of aryl methyl sites for hydroxylation is 1. The lowest BCUT2D eigenvalue weighted by Gasteiger charge is -2.34. The van der Waals surface area contributed by atoms with Crippen LogP contribution in [0.4, 0.5) is 5.69 Å². The molecular weight excluding hydrogens is 640 g/mol. The first-order valence-corrected chi connectivity index (χ1v) is 16.3. The van der Waals surface area contributed by atoms with Crippen molar-refractivity contribution in [1.82, 2.24) is 10.2 Å². The molecule has 0 spiro atoms. The Balaban J connectivity index is 2.14. The summed E-state index contributed by atoms with van der Waals surface area (Å²) in [5.74, 6) is -1.04. The maximum Gasteiger partial charge on any atom is 0.264 e.